The Morgan fingerprint density at radius 2 is 2.11 bits per heavy atom. The molecule has 0 aromatic heterocycles. The van der Waals surface area contributed by atoms with Gasteiger partial charge < -0.3 is 10.1 Å². The van der Waals surface area contributed by atoms with E-state index in [2.05, 4.69) is 44.3 Å². The minimum Gasteiger partial charge on any atom is -0.487 e. The highest BCUT2D eigenvalue weighted by atomic mass is 16.5. The van der Waals surface area contributed by atoms with Crippen molar-refractivity contribution >= 4 is 0 Å². The molecule has 100 valence electrons. The molecule has 0 atom stereocenters. The predicted molar refractivity (Wildman–Crippen MR) is 76.1 cm³/mol. The second kappa shape index (κ2) is 5.75. The van der Waals surface area contributed by atoms with E-state index < -0.39 is 0 Å². The summed E-state index contributed by atoms with van der Waals surface area (Å²) < 4.78 is 6.06. The smallest absolute Gasteiger partial charge is 0.127 e. The summed E-state index contributed by atoms with van der Waals surface area (Å²) in [5.41, 5.74) is 2.61. The fourth-order valence-corrected chi connectivity index (χ4v) is 2.54. The van der Waals surface area contributed by atoms with Crippen molar-refractivity contribution < 1.29 is 4.74 Å². The predicted octanol–water partition coefficient (Wildman–Crippen LogP) is 3.68. The SMILES string of the molecule is CCCCCNCc1cccc2c1OC(C)(C)C2. The summed E-state index contributed by atoms with van der Waals surface area (Å²) in [7, 11) is 0. The molecule has 1 heterocycles. The molecule has 2 nitrogen and oxygen atoms in total. The van der Waals surface area contributed by atoms with Gasteiger partial charge in [0.05, 0.1) is 0 Å². The highest BCUT2D eigenvalue weighted by molar-refractivity contribution is 5.45. The maximum Gasteiger partial charge on any atom is 0.127 e. The maximum atomic E-state index is 6.06. The zero-order valence-electron chi connectivity index (χ0n) is 11.9. The van der Waals surface area contributed by atoms with Gasteiger partial charge in [-0.1, -0.05) is 38.0 Å². The number of ether oxygens (including phenoxy) is 1. The van der Waals surface area contributed by atoms with Gasteiger partial charge in [-0.25, -0.2) is 0 Å². The van der Waals surface area contributed by atoms with Crippen molar-refractivity contribution in [2.45, 2.75) is 58.6 Å². The molecule has 18 heavy (non-hydrogen) atoms. The van der Waals surface area contributed by atoms with Crippen molar-refractivity contribution in [3.8, 4) is 5.75 Å². The lowest BCUT2D eigenvalue weighted by molar-refractivity contribution is 0.137. The molecule has 0 fully saturated rings. The Morgan fingerprint density at radius 1 is 1.28 bits per heavy atom. The number of hydrogen-bond donors (Lipinski definition) is 1. The molecule has 0 amide bonds. The lowest BCUT2D eigenvalue weighted by atomic mass is 10.0. The van der Waals surface area contributed by atoms with E-state index in [1.165, 1.54) is 30.4 Å². The van der Waals surface area contributed by atoms with Gasteiger partial charge in [-0.15, -0.1) is 0 Å². The van der Waals surface area contributed by atoms with Crippen LogP contribution < -0.4 is 10.1 Å². The highest BCUT2D eigenvalue weighted by Crippen LogP contribution is 2.37. The van der Waals surface area contributed by atoms with Gasteiger partial charge >= 0.3 is 0 Å². The third-order valence-electron chi connectivity index (χ3n) is 3.45. The Labute approximate surface area is 111 Å². The minimum absolute atomic E-state index is 0.0410. The van der Waals surface area contributed by atoms with Gasteiger partial charge in [0.15, 0.2) is 0 Å². The van der Waals surface area contributed by atoms with Gasteiger partial charge in [-0.05, 0) is 32.4 Å². The first kappa shape index (κ1) is 13.4. The Hall–Kier alpha value is -1.02. The second-order valence-corrected chi connectivity index (χ2v) is 5.83. The molecule has 1 aliphatic rings. The highest BCUT2D eigenvalue weighted by Gasteiger charge is 2.31. The zero-order chi connectivity index (χ0) is 13.0. The van der Waals surface area contributed by atoms with Gasteiger partial charge in [-0.3, -0.25) is 0 Å². The van der Waals surface area contributed by atoms with E-state index in [4.69, 9.17) is 4.74 Å². The van der Waals surface area contributed by atoms with Crippen molar-refractivity contribution in [2.24, 2.45) is 0 Å². The van der Waals surface area contributed by atoms with E-state index in [1.807, 2.05) is 0 Å². The lowest BCUT2D eigenvalue weighted by Crippen LogP contribution is -2.25. The first-order valence-electron chi connectivity index (χ1n) is 7.13. The maximum absolute atomic E-state index is 6.06. The van der Waals surface area contributed by atoms with Crippen LogP contribution in [0.25, 0.3) is 0 Å². The van der Waals surface area contributed by atoms with Crippen molar-refractivity contribution in [1.82, 2.24) is 5.32 Å². The minimum atomic E-state index is -0.0410. The summed E-state index contributed by atoms with van der Waals surface area (Å²) in [5, 5.41) is 3.51. The number of unbranched alkanes of at least 4 members (excludes halogenated alkanes) is 2. The molecule has 0 saturated heterocycles. The standard InChI is InChI=1S/C16H25NO/c1-4-5-6-10-17-12-14-9-7-8-13-11-16(2,3)18-15(13)14/h7-9,17H,4-6,10-12H2,1-3H3. The molecule has 0 aliphatic carbocycles. The van der Waals surface area contributed by atoms with Crippen LogP contribution in [-0.4, -0.2) is 12.1 Å². The molecule has 0 bridgehead atoms. The Morgan fingerprint density at radius 3 is 2.89 bits per heavy atom. The van der Waals surface area contributed by atoms with E-state index in [-0.39, 0.29) is 5.60 Å². The number of fused-ring (bicyclic) bond motifs is 1. The molecule has 0 unspecified atom stereocenters. The summed E-state index contributed by atoms with van der Waals surface area (Å²) in [4.78, 5) is 0. The third kappa shape index (κ3) is 3.26. The summed E-state index contributed by atoms with van der Waals surface area (Å²) in [6.07, 6.45) is 4.87. The fourth-order valence-electron chi connectivity index (χ4n) is 2.54. The van der Waals surface area contributed by atoms with Crippen LogP contribution in [0.5, 0.6) is 5.75 Å². The van der Waals surface area contributed by atoms with E-state index in [9.17, 15) is 0 Å². The molecule has 0 radical (unpaired) electrons. The van der Waals surface area contributed by atoms with E-state index in [1.54, 1.807) is 0 Å². The van der Waals surface area contributed by atoms with Gasteiger partial charge in [0, 0.05) is 18.5 Å². The number of hydrogen-bond acceptors (Lipinski definition) is 2. The molecular formula is C16H25NO. The molecule has 0 saturated carbocycles. The Bertz CT molecular complexity index is 398. The summed E-state index contributed by atoms with van der Waals surface area (Å²) >= 11 is 0. The normalized spacial score (nSPS) is 16.4. The zero-order valence-corrected chi connectivity index (χ0v) is 11.9. The topological polar surface area (TPSA) is 21.3 Å². The van der Waals surface area contributed by atoms with Gasteiger partial charge in [0.1, 0.15) is 11.4 Å². The van der Waals surface area contributed by atoms with Crippen LogP contribution in [0, 0.1) is 0 Å². The number of nitrogens with one attached hydrogen (secondary N) is 1. The van der Waals surface area contributed by atoms with Crippen LogP contribution in [0.2, 0.25) is 0 Å². The molecule has 1 aromatic rings. The summed E-state index contributed by atoms with van der Waals surface area (Å²) in [5.74, 6) is 1.12. The van der Waals surface area contributed by atoms with E-state index in [0.29, 0.717) is 0 Å². The van der Waals surface area contributed by atoms with Gasteiger partial charge in [0.25, 0.3) is 0 Å². The van der Waals surface area contributed by atoms with Crippen LogP contribution in [-0.2, 0) is 13.0 Å². The van der Waals surface area contributed by atoms with E-state index >= 15 is 0 Å². The number of para-hydroxylation sites is 1. The Kier molecular flexibility index (Phi) is 4.28. The van der Waals surface area contributed by atoms with Gasteiger partial charge in [0.2, 0.25) is 0 Å². The quantitative estimate of drug-likeness (QED) is 0.774. The molecule has 1 aliphatic heterocycles. The van der Waals surface area contributed by atoms with Crippen LogP contribution in [0.3, 0.4) is 0 Å². The van der Waals surface area contributed by atoms with Gasteiger partial charge in [-0.2, -0.15) is 0 Å². The number of rotatable bonds is 6. The largest absolute Gasteiger partial charge is 0.487 e. The average molecular weight is 247 g/mol. The molecule has 0 spiro atoms. The molecule has 1 aromatic carbocycles. The summed E-state index contributed by atoms with van der Waals surface area (Å²) in [6.45, 7) is 8.57. The number of benzene rings is 1. The monoisotopic (exact) mass is 247 g/mol. The van der Waals surface area contributed by atoms with Crippen LogP contribution in [0.1, 0.15) is 51.2 Å². The molecular weight excluding hydrogens is 222 g/mol. The first-order chi connectivity index (χ1) is 8.62. The van der Waals surface area contributed by atoms with Crippen LogP contribution in [0.15, 0.2) is 18.2 Å². The van der Waals surface area contributed by atoms with Crippen molar-refractivity contribution in [2.75, 3.05) is 6.54 Å². The van der Waals surface area contributed by atoms with Crippen molar-refractivity contribution in [1.29, 1.82) is 0 Å². The molecule has 2 heteroatoms. The molecule has 2 rings (SSSR count). The third-order valence-corrected chi connectivity index (χ3v) is 3.45. The average Bonchev–Trinajstić information content (AvgIpc) is 2.63. The van der Waals surface area contributed by atoms with Crippen LogP contribution >= 0.6 is 0 Å². The fraction of sp³-hybridized carbons (Fsp3) is 0.625. The second-order valence-electron chi connectivity index (χ2n) is 5.83. The lowest BCUT2D eigenvalue weighted by Gasteiger charge is -2.18. The van der Waals surface area contributed by atoms with Crippen molar-refractivity contribution in [3.63, 3.8) is 0 Å². The summed E-state index contributed by atoms with van der Waals surface area (Å²) in [6, 6.07) is 6.50. The Balaban J connectivity index is 1.93. The van der Waals surface area contributed by atoms with Crippen LogP contribution in [0.4, 0.5) is 0 Å². The van der Waals surface area contributed by atoms with Crippen molar-refractivity contribution in [3.05, 3.63) is 29.3 Å². The molecule has 1 N–H and O–H groups in total. The van der Waals surface area contributed by atoms with E-state index in [0.717, 1.165) is 25.3 Å². The first-order valence-corrected chi connectivity index (χ1v) is 7.13.